The number of nitrogens with zero attached hydrogens (tertiary/aromatic N) is 1. The van der Waals surface area contributed by atoms with Gasteiger partial charge in [0.25, 0.3) is 0 Å². The molecule has 1 heterocycles. The van der Waals surface area contributed by atoms with Crippen molar-refractivity contribution < 1.29 is 9.90 Å². The van der Waals surface area contributed by atoms with Gasteiger partial charge in [0.15, 0.2) is 0 Å². The summed E-state index contributed by atoms with van der Waals surface area (Å²) in [4.78, 5) is 13.8. The van der Waals surface area contributed by atoms with Crippen LogP contribution in [0.4, 0.5) is 0 Å². The summed E-state index contributed by atoms with van der Waals surface area (Å²) in [6, 6.07) is 6.80. The van der Waals surface area contributed by atoms with E-state index in [4.69, 9.17) is 0 Å². The summed E-state index contributed by atoms with van der Waals surface area (Å²) in [6.07, 6.45) is 1.57. The van der Waals surface area contributed by atoms with Crippen molar-refractivity contribution in [2.45, 2.75) is 51.2 Å². The van der Waals surface area contributed by atoms with Gasteiger partial charge < -0.3 is 5.11 Å². The molecule has 2 aliphatic rings. The Balaban J connectivity index is 1.91. The van der Waals surface area contributed by atoms with E-state index in [-0.39, 0.29) is 0 Å². The highest BCUT2D eigenvalue weighted by atomic mass is 16.4. The van der Waals surface area contributed by atoms with E-state index < -0.39 is 11.4 Å². The van der Waals surface area contributed by atoms with Gasteiger partial charge in [0.2, 0.25) is 0 Å². The Hall–Kier alpha value is -1.35. The molecule has 0 amide bonds. The summed E-state index contributed by atoms with van der Waals surface area (Å²) in [7, 11) is 0. The van der Waals surface area contributed by atoms with Crippen LogP contribution in [0.15, 0.2) is 18.2 Å². The summed E-state index contributed by atoms with van der Waals surface area (Å²) in [5.41, 5.74) is 3.10. The lowest BCUT2D eigenvalue weighted by molar-refractivity contribution is -0.140. The summed E-state index contributed by atoms with van der Waals surface area (Å²) in [6.45, 7) is 6.35. The van der Waals surface area contributed by atoms with Gasteiger partial charge in [-0.1, -0.05) is 18.2 Å². The Morgan fingerprint density at radius 2 is 1.94 bits per heavy atom. The van der Waals surface area contributed by atoms with E-state index in [1.807, 2.05) is 6.07 Å². The van der Waals surface area contributed by atoms with Crippen molar-refractivity contribution in [1.29, 1.82) is 0 Å². The third kappa shape index (κ3) is 1.65. The minimum Gasteiger partial charge on any atom is -0.481 e. The number of benzene rings is 1. The number of hydrogen-bond acceptors (Lipinski definition) is 2. The lowest BCUT2D eigenvalue weighted by Gasteiger charge is -2.18. The third-order valence-corrected chi connectivity index (χ3v) is 4.40. The van der Waals surface area contributed by atoms with E-state index in [2.05, 4.69) is 30.9 Å². The lowest BCUT2D eigenvalue weighted by atomic mass is 9.93. The second kappa shape index (κ2) is 3.82. The maximum absolute atomic E-state index is 11.3. The van der Waals surface area contributed by atoms with Crippen molar-refractivity contribution in [2.75, 3.05) is 0 Å². The molecule has 0 aromatic heterocycles. The first-order valence-corrected chi connectivity index (χ1v) is 6.63. The van der Waals surface area contributed by atoms with Gasteiger partial charge in [-0.25, -0.2) is 0 Å². The van der Waals surface area contributed by atoms with Crippen molar-refractivity contribution in [2.24, 2.45) is 0 Å². The average Bonchev–Trinajstić information content (AvgIpc) is 3.02. The maximum Gasteiger partial charge on any atom is 0.314 e. The predicted molar refractivity (Wildman–Crippen MR) is 69.4 cm³/mol. The molecule has 18 heavy (non-hydrogen) atoms. The van der Waals surface area contributed by atoms with E-state index in [0.717, 1.165) is 31.5 Å². The molecule has 0 bridgehead atoms. The van der Waals surface area contributed by atoms with Crippen molar-refractivity contribution in [3.63, 3.8) is 0 Å². The number of carbonyl (C=O) groups is 1. The molecule has 96 valence electrons. The monoisotopic (exact) mass is 245 g/mol. The Morgan fingerprint density at radius 1 is 1.28 bits per heavy atom. The van der Waals surface area contributed by atoms with Gasteiger partial charge in [0.05, 0.1) is 5.41 Å². The van der Waals surface area contributed by atoms with Gasteiger partial charge >= 0.3 is 5.97 Å². The normalized spacial score (nSPS) is 21.1. The number of carboxylic acids is 1. The van der Waals surface area contributed by atoms with Gasteiger partial charge in [-0.15, -0.1) is 0 Å². The van der Waals surface area contributed by atoms with Crippen molar-refractivity contribution in [3.8, 4) is 0 Å². The van der Waals surface area contributed by atoms with Crippen LogP contribution in [-0.2, 0) is 23.3 Å². The molecule has 0 atom stereocenters. The smallest absolute Gasteiger partial charge is 0.314 e. The summed E-state index contributed by atoms with van der Waals surface area (Å²) >= 11 is 0. The molecule has 1 aromatic carbocycles. The molecular weight excluding hydrogens is 226 g/mol. The van der Waals surface area contributed by atoms with Crippen LogP contribution in [0.2, 0.25) is 0 Å². The molecular formula is C15H19NO2. The fourth-order valence-electron chi connectivity index (χ4n) is 2.83. The third-order valence-electron chi connectivity index (χ3n) is 4.40. The first-order valence-electron chi connectivity index (χ1n) is 6.63. The number of rotatable bonds is 3. The molecule has 0 radical (unpaired) electrons. The number of fused-ring (bicyclic) bond motifs is 1. The first kappa shape index (κ1) is 11.7. The Morgan fingerprint density at radius 3 is 2.50 bits per heavy atom. The Bertz CT molecular complexity index is 503. The molecule has 0 spiro atoms. The summed E-state index contributed by atoms with van der Waals surface area (Å²) in [5.74, 6) is -0.666. The van der Waals surface area contributed by atoms with E-state index in [0.29, 0.717) is 6.04 Å². The van der Waals surface area contributed by atoms with Crippen LogP contribution >= 0.6 is 0 Å². The van der Waals surface area contributed by atoms with E-state index >= 15 is 0 Å². The van der Waals surface area contributed by atoms with E-state index in [1.54, 1.807) is 0 Å². The zero-order chi connectivity index (χ0) is 12.9. The quantitative estimate of drug-likeness (QED) is 0.889. The Kier molecular flexibility index (Phi) is 2.49. The predicted octanol–water partition coefficient (Wildman–Crippen LogP) is 2.53. The molecule has 1 N–H and O–H groups in total. The Labute approximate surface area is 107 Å². The van der Waals surface area contributed by atoms with Gasteiger partial charge in [-0.2, -0.15) is 0 Å². The maximum atomic E-state index is 11.3. The SMILES string of the molecule is CC(C)N1Cc2ccc(C3(C(=O)O)CC3)cc2C1. The standard InChI is InChI=1S/C15H19NO2/c1-10(2)16-8-11-3-4-13(7-12(11)9-16)15(5-6-15)14(17)18/h3-4,7,10H,5-6,8-9H2,1-2H3,(H,17,18). The minimum atomic E-state index is -0.666. The van der Waals surface area contributed by atoms with Crippen LogP contribution < -0.4 is 0 Å². The molecule has 1 aliphatic carbocycles. The molecule has 1 fully saturated rings. The molecule has 1 aliphatic heterocycles. The minimum absolute atomic E-state index is 0.537. The highest BCUT2D eigenvalue weighted by molar-refractivity contribution is 5.85. The van der Waals surface area contributed by atoms with Crippen molar-refractivity contribution >= 4 is 5.97 Å². The topological polar surface area (TPSA) is 40.5 Å². The van der Waals surface area contributed by atoms with Crippen LogP contribution in [0.5, 0.6) is 0 Å². The van der Waals surface area contributed by atoms with Crippen LogP contribution in [-0.4, -0.2) is 22.0 Å². The van der Waals surface area contributed by atoms with Crippen LogP contribution in [0.25, 0.3) is 0 Å². The van der Waals surface area contributed by atoms with Crippen LogP contribution in [0, 0.1) is 0 Å². The first-order chi connectivity index (χ1) is 8.53. The summed E-state index contributed by atoms with van der Waals surface area (Å²) < 4.78 is 0. The zero-order valence-electron chi connectivity index (χ0n) is 10.9. The lowest BCUT2D eigenvalue weighted by Crippen LogP contribution is -2.24. The number of hydrogen-bond donors (Lipinski definition) is 1. The highest BCUT2D eigenvalue weighted by Gasteiger charge is 2.51. The molecule has 3 heteroatoms. The second-order valence-electron chi connectivity index (χ2n) is 5.87. The van der Waals surface area contributed by atoms with Gasteiger partial charge in [-0.3, -0.25) is 9.69 Å². The van der Waals surface area contributed by atoms with Gasteiger partial charge in [0, 0.05) is 19.1 Å². The van der Waals surface area contributed by atoms with E-state index in [1.165, 1.54) is 11.1 Å². The van der Waals surface area contributed by atoms with Crippen LogP contribution in [0.3, 0.4) is 0 Å². The molecule has 1 saturated carbocycles. The summed E-state index contributed by atoms with van der Waals surface area (Å²) in [5, 5.41) is 9.34. The fourth-order valence-corrected chi connectivity index (χ4v) is 2.83. The fraction of sp³-hybridized carbons (Fsp3) is 0.533. The van der Waals surface area contributed by atoms with Crippen molar-refractivity contribution in [1.82, 2.24) is 4.90 Å². The molecule has 1 aromatic rings. The molecule has 3 nitrogen and oxygen atoms in total. The van der Waals surface area contributed by atoms with Gasteiger partial charge in [0.1, 0.15) is 0 Å². The largest absolute Gasteiger partial charge is 0.481 e. The van der Waals surface area contributed by atoms with Crippen LogP contribution in [0.1, 0.15) is 43.4 Å². The highest BCUT2D eigenvalue weighted by Crippen LogP contribution is 2.49. The molecule has 0 unspecified atom stereocenters. The average molecular weight is 245 g/mol. The molecule has 0 saturated heterocycles. The zero-order valence-corrected chi connectivity index (χ0v) is 10.9. The number of carboxylic acid groups (broad SMARTS) is 1. The molecule has 3 rings (SSSR count). The number of aliphatic carboxylic acids is 1. The van der Waals surface area contributed by atoms with E-state index in [9.17, 15) is 9.90 Å². The van der Waals surface area contributed by atoms with Crippen molar-refractivity contribution in [3.05, 3.63) is 34.9 Å². The van der Waals surface area contributed by atoms with Gasteiger partial charge in [-0.05, 0) is 43.4 Å². The second-order valence-corrected chi connectivity index (χ2v) is 5.87.